The van der Waals surface area contributed by atoms with Crippen molar-refractivity contribution in [2.75, 3.05) is 11.4 Å². The first-order valence-corrected chi connectivity index (χ1v) is 7.99. The lowest BCUT2D eigenvalue weighted by atomic mass is 9.97. The van der Waals surface area contributed by atoms with Gasteiger partial charge in [0.1, 0.15) is 5.82 Å². The van der Waals surface area contributed by atoms with Gasteiger partial charge in [-0.2, -0.15) is 0 Å². The van der Waals surface area contributed by atoms with Crippen molar-refractivity contribution in [2.45, 2.75) is 50.4 Å². The summed E-state index contributed by atoms with van der Waals surface area (Å²) in [6, 6.07) is 6.14. The first-order chi connectivity index (χ1) is 8.76. The fraction of sp³-hybridized carbons (Fsp3) is 0.600. The van der Waals surface area contributed by atoms with E-state index in [1.54, 1.807) is 6.07 Å². The van der Waals surface area contributed by atoms with Crippen LogP contribution in [0.15, 0.2) is 18.2 Å². The highest BCUT2D eigenvalue weighted by Gasteiger charge is 2.23. The summed E-state index contributed by atoms with van der Waals surface area (Å²) in [6.07, 6.45) is 6.00. The Hall–Kier alpha value is -0.570. The number of anilines is 1. The molecular weight excluding hydrogens is 293 g/mol. The number of nitrogens with zero attached hydrogens (tertiary/aromatic N) is 1. The first-order valence-electron chi connectivity index (χ1n) is 6.87. The molecule has 1 aromatic rings. The van der Waals surface area contributed by atoms with Crippen LogP contribution < -0.4 is 4.90 Å². The minimum absolute atomic E-state index is 0.0741. The van der Waals surface area contributed by atoms with Crippen molar-refractivity contribution in [2.24, 2.45) is 0 Å². The minimum atomic E-state index is -0.0741. The zero-order valence-corrected chi connectivity index (χ0v) is 12.5. The first kappa shape index (κ1) is 13.9. The Bertz CT molecular complexity index is 392. The molecule has 0 saturated carbocycles. The maximum absolute atomic E-state index is 14.2. The SMILES string of the molecule is CCCC1CCCCN1c1ccc(CBr)cc1F. The van der Waals surface area contributed by atoms with Crippen molar-refractivity contribution < 1.29 is 4.39 Å². The molecule has 3 heteroatoms. The Morgan fingerprint density at radius 1 is 1.39 bits per heavy atom. The lowest BCUT2D eigenvalue weighted by Crippen LogP contribution is -2.40. The number of piperidine rings is 1. The summed E-state index contributed by atoms with van der Waals surface area (Å²) in [5.41, 5.74) is 1.79. The molecule has 0 N–H and O–H groups in total. The van der Waals surface area contributed by atoms with Gasteiger partial charge in [0.25, 0.3) is 0 Å². The molecule has 18 heavy (non-hydrogen) atoms. The summed E-state index contributed by atoms with van der Waals surface area (Å²) in [5, 5.41) is 0.711. The predicted octanol–water partition coefficient (Wildman–Crippen LogP) is 4.88. The molecule has 1 aliphatic heterocycles. The number of halogens is 2. The normalized spacial score (nSPS) is 20.2. The van der Waals surface area contributed by atoms with E-state index < -0.39 is 0 Å². The van der Waals surface area contributed by atoms with Crippen LogP contribution >= 0.6 is 15.9 Å². The molecule has 1 unspecified atom stereocenters. The molecular formula is C15H21BrFN. The van der Waals surface area contributed by atoms with Crippen molar-refractivity contribution in [1.82, 2.24) is 0 Å². The number of hydrogen-bond acceptors (Lipinski definition) is 1. The van der Waals surface area contributed by atoms with E-state index in [1.807, 2.05) is 12.1 Å². The van der Waals surface area contributed by atoms with E-state index in [2.05, 4.69) is 27.8 Å². The average Bonchev–Trinajstić information content (AvgIpc) is 2.40. The van der Waals surface area contributed by atoms with Crippen molar-refractivity contribution >= 4 is 21.6 Å². The van der Waals surface area contributed by atoms with Crippen LogP contribution in [0.25, 0.3) is 0 Å². The molecule has 1 aromatic carbocycles. The molecule has 0 aromatic heterocycles. The zero-order chi connectivity index (χ0) is 13.0. The summed E-state index contributed by atoms with van der Waals surface area (Å²) in [4.78, 5) is 2.28. The third-order valence-corrected chi connectivity index (χ3v) is 4.37. The molecule has 2 rings (SSSR count). The average molecular weight is 314 g/mol. The molecule has 1 fully saturated rings. The highest BCUT2D eigenvalue weighted by atomic mass is 79.9. The Morgan fingerprint density at radius 3 is 2.89 bits per heavy atom. The number of alkyl halides is 1. The van der Waals surface area contributed by atoms with Gasteiger partial charge < -0.3 is 4.90 Å². The largest absolute Gasteiger partial charge is 0.366 e. The highest BCUT2D eigenvalue weighted by Crippen LogP contribution is 2.30. The topological polar surface area (TPSA) is 3.24 Å². The third kappa shape index (κ3) is 3.05. The Labute approximate surface area is 118 Å². The smallest absolute Gasteiger partial charge is 0.146 e. The van der Waals surface area contributed by atoms with Crippen LogP contribution in [0.2, 0.25) is 0 Å². The van der Waals surface area contributed by atoms with E-state index in [0.717, 1.165) is 17.8 Å². The second-order valence-corrected chi connectivity index (χ2v) is 5.61. The quantitative estimate of drug-likeness (QED) is 0.716. The van der Waals surface area contributed by atoms with Crippen molar-refractivity contribution in [3.63, 3.8) is 0 Å². The fourth-order valence-electron chi connectivity index (χ4n) is 2.82. The van der Waals surface area contributed by atoms with Crippen LogP contribution in [-0.4, -0.2) is 12.6 Å². The summed E-state index contributed by atoms with van der Waals surface area (Å²) >= 11 is 3.37. The van der Waals surface area contributed by atoms with E-state index in [0.29, 0.717) is 11.4 Å². The summed E-state index contributed by atoms with van der Waals surface area (Å²) in [7, 11) is 0. The molecule has 0 amide bonds. The van der Waals surface area contributed by atoms with E-state index >= 15 is 0 Å². The summed E-state index contributed by atoms with van der Waals surface area (Å²) in [5.74, 6) is -0.0741. The zero-order valence-electron chi connectivity index (χ0n) is 11.0. The van der Waals surface area contributed by atoms with Gasteiger partial charge in [-0.05, 0) is 43.4 Å². The molecule has 1 nitrogen and oxygen atoms in total. The Balaban J connectivity index is 2.22. The molecule has 1 aliphatic rings. The molecule has 0 radical (unpaired) electrons. The van der Waals surface area contributed by atoms with E-state index in [9.17, 15) is 4.39 Å². The van der Waals surface area contributed by atoms with E-state index in [1.165, 1.54) is 32.1 Å². The van der Waals surface area contributed by atoms with Crippen LogP contribution in [0.4, 0.5) is 10.1 Å². The van der Waals surface area contributed by atoms with Gasteiger partial charge in [0.15, 0.2) is 0 Å². The van der Waals surface area contributed by atoms with Crippen molar-refractivity contribution in [3.05, 3.63) is 29.6 Å². The Kier molecular flexibility index (Phi) is 5.04. The Morgan fingerprint density at radius 2 is 2.22 bits per heavy atom. The lowest BCUT2D eigenvalue weighted by Gasteiger charge is -2.37. The molecule has 0 aliphatic carbocycles. The van der Waals surface area contributed by atoms with Gasteiger partial charge >= 0.3 is 0 Å². The molecule has 1 saturated heterocycles. The standard InChI is InChI=1S/C15H21BrFN/c1-2-5-13-6-3-4-9-18(13)15-8-7-12(11-16)10-14(15)17/h7-8,10,13H,2-6,9,11H2,1H3. The van der Waals surface area contributed by atoms with E-state index in [-0.39, 0.29) is 5.82 Å². The van der Waals surface area contributed by atoms with Crippen LogP contribution in [-0.2, 0) is 5.33 Å². The van der Waals surface area contributed by atoms with Crippen LogP contribution in [0, 0.1) is 5.82 Å². The summed E-state index contributed by atoms with van der Waals surface area (Å²) in [6.45, 7) is 3.20. The van der Waals surface area contributed by atoms with Gasteiger partial charge in [-0.1, -0.05) is 35.3 Å². The lowest BCUT2D eigenvalue weighted by molar-refractivity contribution is 0.429. The van der Waals surface area contributed by atoms with Crippen LogP contribution in [0.1, 0.15) is 44.6 Å². The van der Waals surface area contributed by atoms with Crippen LogP contribution in [0.5, 0.6) is 0 Å². The van der Waals surface area contributed by atoms with Gasteiger partial charge in [-0.15, -0.1) is 0 Å². The maximum atomic E-state index is 14.2. The van der Waals surface area contributed by atoms with Crippen molar-refractivity contribution in [1.29, 1.82) is 0 Å². The van der Waals surface area contributed by atoms with E-state index in [4.69, 9.17) is 0 Å². The van der Waals surface area contributed by atoms with Gasteiger partial charge in [0.2, 0.25) is 0 Å². The van der Waals surface area contributed by atoms with Gasteiger partial charge in [0, 0.05) is 17.9 Å². The molecule has 1 heterocycles. The second kappa shape index (κ2) is 6.55. The number of rotatable bonds is 4. The predicted molar refractivity (Wildman–Crippen MR) is 78.9 cm³/mol. The minimum Gasteiger partial charge on any atom is -0.366 e. The maximum Gasteiger partial charge on any atom is 0.146 e. The number of benzene rings is 1. The summed E-state index contributed by atoms with van der Waals surface area (Å²) < 4.78 is 14.2. The van der Waals surface area contributed by atoms with Gasteiger partial charge in [0.05, 0.1) is 5.69 Å². The monoisotopic (exact) mass is 313 g/mol. The molecule has 0 spiro atoms. The third-order valence-electron chi connectivity index (χ3n) is 3.72. The second-order valence-electron chi connectivity index (χ2n) is 5.05. The molecule has 1 atom stereocenters. The fourth-order valence-corrected chi connectivity index (χ4v) is 3.17. The highest BCUT2D eigenvalue weighted by molar-refractivity contribution is 9.08. The van der Waals surface area contributed by atoms with Crippen molar-refractivity contribution in [3.8, 4) is 0 Å². The van der Waals surface area contributed by atoms with Crippen LogP contribution in [0.3, 0.4) is 0 Å². The molecule has 0 bridgehead atoms. The molecule has 100 valence electrons. The van der Waals surface area contributed by atoms with Gasteiger partial charge in [-0.25, -0.2) is 4.39 Å². The van der Waals surface area contributed by atoms with Gasteiger partial charge in [-0.3, -0.25) is 0 Å². The number of hydrogen-bond donors (Lipinski definition) is 0.